The number of aromatic nitrogens is 2. The van der Waals surface area contributed by atoms with Gasteiger partial charge in [-0.3, -0.25) is 14.9 Å². The van der Waals surface area contributed by atoms with Crippen molar-refractivity contribution in [2.45, 2.75) is 13.5 Å². The van der Waals surface area contributed by atoms with Gasteiger partial charge in [-0.05, 0) is 42.8 Å². The Hall–Kier alpha value is -2.99. The van der Waals surface area contributed by atoms with Crippen LogP contribution >= 0.6 is 0 Å². The molecule has 0 radical (unpaired) electrons. The molecule has 24 heavy (non-hydrogen) atoms. The van der Waals surface area contributed by atoms with Gasteiger partial charge in [-0.25, -0.2) is 10.2 Å². The summed E-state index contributed by atoms with van der Waals surface area (Å²) in [5.74, 6) is 4.51. The van der Waals surface area contributed by atoms with Crippen LogP contribution in [0.4, 0.5) is 4.39 Å². The molecule has 0 aliphatic heterocycles. The number of hydrogen-bond acceptors (Lipinski definition) is 3. The number of nitrogens with one attached hydrogen (secondary N) is 1. The third-order valence-corrected chi connectivity index (χ3v) is 3.74. The predicted octanol–water partition coefficient (Wildman–Crippen LogP) is 2.65. The summed E-state index contributed by atoms with van der Waals surface area (Å²) in [6.07, 6.45) is 0. The maximum atomic E-state index is 13.1. The Kier molecular flexibility index (Phi) is 4.39. The topological polar surface area (TPSA) is 72.9 Å². The van der Waals surface area contributed by atoms with Crippen LogP contribution in [0.2, 0.25) is 0 Å². The van der Waals surface area contributed by atoms with Crippen molar-refractivity contribution in [3.05, 3.63) is 77.2 Å². The maximum Gasteiger partial charge on any atom is 0.283 e. The molecule has 0 bridgehead atoms. The molecule has 1 heterocycles. The molecule has 0 spiro atoms. The second-order valence-corrected chi connectivity index (χ2v) is 5.54. The first-order valence-corrected chi connectivity index (χ1v) is 7.47. The Bertz CT molecular complexity index is 854. The molecule has 5 nitrogen and oxygen atoms in total. The van der Waals surface area contributed by atoms with Gasteiger partial charge in [-0.15, -0.1) is 0 Å². The van der Waals surface area contributed by atoms with E-state index in [0.717, 1.165) is 16.7 Å². The van der Waals surface area contributed by atoms with E-state index in [1.165, 1.54) is 12.1 Å². The minimum Gasteiger partial charge on any atom is -0.289 e. The van der Waals surface area contributed by atoms with Crippen LogP contribution < -0.4 is 11.3 Å². The first kappa shape index (κ1) is 15.9. The highest BCUT2D eigenvalue weighted by atomic mass is 19.1. The van der Waals surface area contributed by atoms with Gasteiger partial charge in [0.25, 0.3) is 5.91 Å². The SMILES string of the molecule is Cc1ccc(Cn2nc(-c3ccc(F)cc3)cc2C(=O)NN)cc1. The highest BCUT2D eigenvalue weighted by Crippen LogP contribution is 2.20. The molecule has 6 heteroatoms. The third kappa shape index (κ3) is 3.33. The molecule has 0 saturated heterocycles. The largest absolute Gasteiger partial charge is 0.289 e. The summed E-state index contributed by atoms with van der Waals surface area (Å²) in [6.45, 7) is 2.45. The van der Waals surface area contributed by atoms with Gasteiger partial charge in [0, 0.05) is 5.56 Å². The average Bonchev–Trinajstić information content (AvgIpc) is 3.00. The van der Waals surface area contributed by atoms with E-state index in [1.54, 1.807) is 22.9 Å². The Morgan fingerprint density at radius 2 is 1.83 bits per heavy atom. The highest BCUT2D eigenvalue weighted by molar-refractivity contribution is 5.93. The van der Waals surface area contributed by atoms with Gasteiger partial charge < -0.3 is 0 Å². The molecule has 3 N–H and O–H groups in total. The Morgan fingerprint density at radius 1 is 1.17 bits per heavy atom. The van der Waals surface area contributed by atoms with Gasteiger partial charge >= 0.3 is 0 Å². The number of nitrogen functional groups attached to an aromatic ring is 1. The first-order valence-electron chi connectivity index (χ1n) is 7.47. The highest BCUT2D eigenvalue weighted by Gasteiger charge is 2.16. The van der Waals surface area contributed by atoms with Crippen LogP contribution in [-0.4, -0.2) is 15.7 Å². The molecule has 0 atom stereocenters. The number of aryl methyl sites for hydroxylation is 1. The molecule has 1 aromatic heterocycles. The molecule has 0 aliphatic rings. The molecule has 2 aromatic carbocycles. The van der Waals surface area contributed by atoms with Crippen molar-refractivity contribution in [1.29, 1.82) is 0 Å². The Morgan fingerprint density at radius 3 is 2.46 bits per heavy atom. The normalized spacial score (nSPS) is 10.6. The number of benzene rings is 2. The van der Waals surface area contributed by atoms with Crippen LogP contribution in [0, 0.1) is 12.7 Å². The predicted molar refractivity (Wildman–Crippen MR) is 89.6 cm³/mol. The summed E-state index contributed by atoms with van der Waals surface area (Å²) < 4.78 is 14.7. The van der Waals surface area contributed by atoms with Gasteiger partial charge in [0.2, 0.25) is 0 Å². The maximum absolute atomic E-state index is 13.1. The van der Waals surface area contributed by atoms with Crippen molar-refractivity contribution in [2.75, 3.05) is 0 Å². The number of rotatable bonds is 4. The summed E-state index contributed by atoms with van der Waals surface area (Å²) in [5.41, 5.74) is 5.96. The van der Waals surface area contributed by atoms with Crippen molar-refractivity contribution >= 4 is 5.91 Å². The van der Waals surface area contributed by atoms with E-state index in [4.69, 9.17) is 5.84 Å². The second kappa shape index (κ2) is 6.64. The molecule has 1 amide bonds. The van der Waals surface area contributed by atoms with Crippen LogP contribution in [0.25, 0.3) is 11.3 Å². The minimum absolute atomic E-state index is 0.322. The molecule has 3 aromatic rings. The lowest BCUT2D eigenvalue weighted by Gasteiger charge is -2.06. The number of amides is 1. The summed E-state index contributed by atoms with van der Waals surface area (Å²) in [4.78, 5) is 12.0. The zero-order valence-electron chi connectivity index (χ0n) is 13.2. The summed E-state index contributed by atoms with van der Waals surface area (Å²) in [6, 6.07) is 15.6. The molecule has 0 aliphatic carbocycles. The summed E-state index contributed by atoms with van der Waals surface area (Å²) in [7, 11) is 0. The van der Waals surface area contributed by atoms with Crippen LogP contribution in [-0.2, 0) is 6.54 Å². The van der Waals surface area contributed by atoms with Gasteiger partial charge in [0.15, 0.2) is 0 Å². The van der Waals surface area contributed by atoms with E-state index in [9.17, 15) is 9.18 Å². The van der Waals surface area contributed by atoms with E-state index < -0.39 is 5.91 Å². The second-order valence-electron chi connectivity index (χ2n) is 5.54. The molecule has 0 fully saturated rings. The van der Waals surface area contributed by atoms with Crippen LogP contribution in [0.1, 0.15) is 21.6 Å². The average molecular weight is 324 g/mol. The fourth-order valence-corrected chi connectivity index (χ4v) is 2.42. The summed E-state index contributed by atoms with van der Waals surface area (Å²) >= 11 is 0. The van der Waals surface area contributed by atoms with Gasteiger partial charge in [-0.2, -0.15) is 5.10 Å². The van der Waals surface area contributed by atoms with Crippen molar-refractivity contribution in [2.24, 2.45) is 5.84 Å². The first-order chi connectivity index (χ1) is 11.6. The fraction of sp³-hybridized carbons (Fsp3) is 0.111. The van der Waals surface area contributed by atoms with E-state index in [2.05, 4.69) is 10.5 Å². The number of carbonyl (C=O) groups is 1. The van der Waals surface area contributed by atoms with Crippen molar-refractivity contribution in [1.82, 2.24) is 15.2 Å². The Balaban J connectivity index is 1.98. The monoisotopic (exact) mass is 324 g/mol. The fourth-order valence-electron chi connectivity index (χ4n) is 2.42. The van der Waals surface area contributed by atoms with Crippen molar-refractivity contribution < 1.29 is 9.18 Å². The molecule has 122 valence electrons. The summed E-state index contributed by atoms with van der Waals surface area (Å²) in [5, 5.41) is 4.47. The van der Waals surface area contributed by atoms with Crippen molar-refractivity contribution in [3.63, 3.8) is 0 Å². The van der Waals surface area contributed by atoms with Gasteiger partial charge in [0.1, 0.15) is 11.5 Å². The van der Waals surface area contributed by atoms with E-state index in [1.807, 2.05) is 31.2 Å². The lowest BCUT2D eigenvalue weighted by atomic mass is 10.1. The molecule has 3 rings (SSSR count). The number of hydrogen-bond donors (Lipinski definition) is 2. The lowest BCUT2D eigenvalue weighted by Crippen LogP contribution is -2.32. The van der Waals surface area contributed by atoms with E-state index in [-0.39, 0.29) is 5.82 Å². The zero-order chi connectivity index (χ0) is 17.1. The van der Waals surface area contributed by atoms with Crippen molar-refractivity contribution in [3.8, 4) is 11.3 Å². The van der Waals surface area contributed by atoms with E-state index in [0.29, 0.717) is 17.9 Å². The quantitative estimate of drug-likeness (QED) is 0.440. The van der Waals surface area contributed by atoms with Gasteiger partial charge in [0.05, 0.1) is 12.2 Å². The third-order valence-electron chi connectivity index (χ3n) is 3.74. The molecule has 0 saturated carbocycles. The smallest absolute Gasteiger partial charge is 0.283 e. The standard InChI is InChI=1S/C18H17FN4O/c1-12-2-4-13(5-3-12)11-23-17(18(24)21-20)10-16(22-23)14-6-8-15(19)9-7-14/h2-10H,11,20H2,1H3,(H,21,24). The minimum atomic E-state index is -0.428. The van der Waals surface area contributed by atoms with E-state index >= 15 is 0 Å². The van der Waals surface area contributed by atoms with Crippen LogP contribution in [0.15, 0.2) is 54.6 Å². The number of nitrogens with two attached hydrogens (primary N) is 1. The lowest BCUT2D eigenvalue weighted by molar-refractivity contribution is 0.0943. The molecule has 0 unspecified atom stereocenters. The number of halogens is 1. The number of nitrogens with zero attached hydrogens (tertiary/aromatic N) is 2. The Labute approximate surface area is 138 Å². The number of carbonyl (C=O) groups excluding carboxylic acids is 1. The van der Waals surface area contributed by atoms with Crippen LogP contribution in [0.3, 0.4) is 0 Å². The molecular weight excluding hydrogens is 307 g/mol. The van der Waals surface area contributed by atoms with Gasteiger partial charge in [-0.1, -0.05) is 29.8 Å². The number of hydrazine groups is 1. The van der Waals surface area contributed by atoms with Crippen LogP contribution in [0.5, 0.6) is 0 Å². The zero-order valence-corrected chi connectivity index (χ0v) is 13.2. The molecular formula is C18H17FN4O.